The molecule has 1 aromatic heterocycles. The van der Waals surface area contributed by atoms with E-state index in [0.717, 1.165) is 33.1 Å². The van der Waals surface area contributed by atoms with Gasteiger partial charge in [-0.15, -0.1) is 11.3 Å². The van der Waals surface area contributed by atoms with Crippen LogP contribution in [0.5, 0.6) is 5.75 Å². The van der Waals surface area contributed by atoms with Crippen molar-refractivity contribution in [2.75, 3.05) is 14.2 Å². The van der Waals surface area contributed by atoms with Gasteiger partial charge in [0.1, 0.15) is 16.6 Å². The van der Waals surface area contributed by atoms with Crippen molar-refractivity contribution in [2.24, 2.45) is 10.7 Å². The highest BCUT2D eigenvalue weighted by Crippen LogP contribution is 2.31. The Morgan fingerprint density at radius 2 is 2.11 bits per heavy atom. The first-order valence-corrected chi connectivity index (χ1v) is 6.78. The van der Waals surface area contributed by atoms with Gasteiger partial charge in [-0.1, -0.05) is 0 Å². The van der Waals surface area contributed by atoms with Gasteiger partial charge in [-0.25, -0.2) is 4.98 Å². The highest BCUT2D eigenvalue weighted by atomic mass is 32.1. The minimum Gasteiger partial charge on any atom is -0.496 e. The fourth-order valence-electron chi connectivity index (χ4n) is 1.90. The van der Waals surface area contributed by atoms with Crippen molar-refractivity contribution in [3.63, 3.8) is 0 Å². The first-order chi connectivity index (χ1) is 9.06. The van der Waals surface area contributed by atoms with E-state index >= 15 is 0 Å². The minimum absolute atomic E-state index is 0.505. The molecule has 0 radical (unpaired) electrons. The molecule has 2 aromatic rings. The number of amidine groups is 1. The van der Waals surface area contributed by atoms with Crippen molar-refractivity contribution < 1.29 is 4.74 Å². The van der Waals surface area contributed by atoms with Crippen LogP contribution in [0.4, 0.5) is 0 Å². The quantitative estimate of drug-likeness (QED) is 0.692. The van der Waals surface area contributed by atoms with Crippen LogP contribution in [0.15, 0.2) is 22.5 Å². The fourth-order valence-corrected chi connectivity index (χ4v) is 2.68. The van der Waals surface area contributed by atoms with Crippen molar-refractivity contribution in [2.45, 2.75) is 13.8 Å². The molecule has 0 aliphatic carbocycles. The largest absolute Gasteiger partial charge is 0.496 e. The summed E-state index contributed by atoms with van der Waals surface area (Å²) < 4.78 is 5.42. The average molecular weight is 275 g/mol. The molecule has 0 atom stereocenters. The molecular formula is C14H17N3OS. The molecule has 2 rings (SSSR count). The predicted molar refractivity (Wildman–Crippen MR) is 80.2 cm³/mol. The maximum Gasteiger partial charge on any atom is 0.125 e. The zero-order valence-corrected chi connectivity index (χ0v) is 12.3. The van der Waals surface area contributed by atoms with Gasteiger partial charge in [-0.2, -0.15) is 0 Å². The van der Waals surface area contributed by atoms with Crippen molar-refractivity contribution >= 4 is 17.2 Å². The van der Waals surface area contributed by atoms with Gasteiger partial charge < -0.3 is 10.5 Å². The van der Waals surface area contributed by atoms with Gasteiger partial charge in [-0.3, -0.25) is 4.99 Å². The van der Waals surface area contributed by atoms with E-state index < -0.39 is 0 Å². The molecule has 1 heterocycles. The van der Waals surface area contributed by atoms with Gasteiger partial charge in [0.05, 0.1) is 7.11 Å². The zero-order chi connectivity index (χ0) is 14.0. The molecule has 5 heteroatoms. The van der Waals surface area contributed by atoms with Crippen molar-refractivity contribution in [3.8, 4) is 16.3 Å². The van der Waals surface area contributed by atoms with E-state index in [0.29, 0.717) is 5.84 Å². The van der Waals surface area contributed by atoms with Crippen LogP contribution in [0.1, 0.15) is 16.8 Å². The van der Waals surface area contributed by atoms with E-state index in [-0.39, 0.29) is 0 Å². The summed E-state index contributed by atoms with van der Waals surface area (Å²) in [5, 5.41) is 2.99. The number of nitrogens with zero attached hydrogens (tertiary/aromatic N) is 2. The van der Waals surface area contributed by atoms with Gasteiger partial charge in [0.25, 0.3) is 0 Å². The second-order valence-corrected chi connectivity index (χ2v) is 5.11. The van der Waals surface area contributed by atoms with Crippen LogP contribution in [0.25, 0.3) is 10.6 Å². The van der Waals surface area contributed by atoms with Crippen LogP contribution in [-0.2, 0) is 0 Å². The van der Waals surface area contributed by atoms with Gasteiger partial charge >= 0.3 is 0 Å². The highest BCUT2D eigenvalue weighted by Gasteiger charge is 2.13. The summed E-state index contributed by atoms with van der Waals surface area (Å²) in [6, 6.07) is 4.00. The number of methoxy groups -OCH3 is 1. The topological polar surface area (TPSA) is 60.5 Å². The summed E-state index contributed by atoms with van der Waals surface area (Å²) >= 11 is 1.61. The molecule has 0 fully saturated rings. The Kier molecular flexibility index (Phi) is 3.85. The number of benzene rings is 1. The number of rotatable bonds is 3. The number of hydrogen-bond acceptors (Lipinski definition) is 4. The van der Waals surface area contributed by atoms with Crippen LogP contribution in [-0.4, -0.2) is 25.0 Å². The third kappa shape index (κ3) is 2.61. The Hall–Kier alpha value is -1.88. The lowest BCUT2D eigenvalue weighted by Crippen LogP contribution is -2.15. The molecule has 0 unspecified atom stereocenters. The third-order valence-corrected chi connectivity index (χ3v) is 3.97. The van der Waals surface area contributed by atoms with Crippen LogP contribution < -0.4 is 10.5 Å². The minimum atomic E-state index is 0.505. The molecule has 2 N–H and O–H groups in total. The van der Waals surface area contributed by atoms with E-state index in [4.69, 9.17) is 10.5 Å². The molecule has 0 bridgehead atoms. The standard InChI is InChI=1S/C14H17N3OS/c1-8-7-19-14(17-8)10-5-11(13(15)16-3)9(2)12(6-10)18-4/h5-7H,1-4H3,(H2,15,16). The maximum atomic E-state index is 5.95. The van der Waals surface area contributed by atoms with Crippen molar-refractivity contribution in [1.29, 1.82) is 0 Å². The molecule has 0 amide bonds. The molecular weight excluding hydrogens is 258 g/mol. The van der Waals surface area contributed by atoms with E-state index in [9.17, 15) is 0 Å². The molecule has 0 aliphatic heterocycles. The number of ether oxygens (including phenoxy) is 1. The second-order valence-electron chi connectivity index (χ2n) is 4.25. The monoisotopic (exact) mass is 275 g/mol. The second kappa shape index (κ2) is 5.40. The summed E-state index contributed by atoms with van der Waals surface area (Å²) in [5.41, 5.74) is 9.84. The Balaban J connectivity index is 2.63. The summed E-state index contributed by atoms with van der Waals surface area (Å²) in [6.07, 6.45) is 0. The van der Waals surface area contributed by atoms with E-state index in [1.165, 1.54) is 0 Å². The van der Waals surface area contributed by atoms with E-state index in [1.807, 2.05) is 31.4 Å². The summed E-state index contributed by atoms with van der Waals surface area (Å²) in [5.74, 6) is 1.30. The molecule has 0 saturated heterocycles. The fraction of sp³-hybridized carbons (Fsp3) is 0.286. The molecule has 0 spiro atoms. The summed E-state index contributed by atoms with van der Waals surface area (Å²) in [7, 11) is 3.34. The Morgan fingerprint density at radius 1 is 1.37 bits per heavy atom. The number of aryl methyl sites for hydroxylation is 1. The smallest absolute Gasteiger partial charge is 0.125 e. The Morgan fingerprint density at radius 3 is 2.63 bits per heavy atom. The Bertz CT molecular complexity index is 632. The molecule has 4 nitrogen and oxygen atoms in total. The number of hydrogen-bond donors (Lipinski definition) is 1. The number of nitrogens with two attached hydrogens (primary N) is 1. The average Bonchev–Trinajstić information content (AvgIpc) is 2.84. The van der Waals surface area contributed by atoms with Gasteiger partial charge in [-0.05, 0) is 26.0 Å². The molecule has 1 aromatic carbocycles. The lowest BCUT2D eigenvalue weighted by atomic mass is 10.0. The summed E-state index contributed by atoms with van der Waals surface area (Å²) in [6.45, 7) is 3.96. The number of thiazole rings is 1. The zero-order valence-electron chi connectivity index (χ0n) is 11.5. The van der Waals surface area contributed by atoms with Crippen molar-refractivity contribution in [3.05, 3.63) is 34.3 Å². The van der Waals surface area contributed by atoms with Crippen LogP contribution in [0.2, 0.25) is 0 Å². The van der Waals surface area contributed by atoms with Gasteiger partial charge in [0.15, 0.2) is 0 Å². The third-order valence-electron chi connectivity index (χ3n) is 2.96. The number of aromatic nitrogens is 1. The molecule has 0 aliphatic rings. The van der Waals surface area contributed by atoms with Crippen molar-refractivity contribution in [1.82, 2.24) is 4.98 Å². The lowest BCUT2D eigenvalue weighted by molar-refractivity contribution is 0.412. The maximum absolute atomic E-state index is 5.95. The van der Waals surface area contributed by atoms with E-state index in [2.05, 4.69) is 9.98 Å². The summed E-state index contributed by atoms with van der Waals surface area (Å²) in [4.78, 5) is 8.55. The lowest BCUT2D eigenvalue weighted by Gasteiger charge is -2.12. The first-order valence-electron chi connectivity index (χ1n) is 5.90. The van der Waals surface area contributed by atoms with Gasteiger partial charge in [0.2, 0.25) is 0 Å². The van der Waals surface area contributed by atoms with Crippen LogP contribution >= 0.6 is 11.3 Å². The SMILES string of the molecule is CN=C(N)c1cc(-c2nc(C)cs2)cc(OC)c1C. The predicted octanol–water partition coefficient (Wildman–Crippen LogP) is 2.77. The molecule has 100 valence electrons. The molecule has 0 saturated carbocycles. The van der Waals surface area contributed by atoms with Crippen LogP contribution in [0.3, 0.4) is 0 Å². The normalized spacial score (nSPS) is 11.7. The van der Waals surface area contributed by atoms with E-state index in [1.54, 1.807) is 25.5 Å². The number of aliphatic imine (C=N–C) groups is 1. The van der Waals surface area contributed by atoms with Gasteiger partial charge in [0, 0.05) is 34.8 Å². The molecule has 19 heavy (non-hydrogen) atoms. The first kappa shape index (κ1) is 13.5. The highest BCUT2D eigenvalue weighted by molar-refractivity contribution is 7.13. The van der Waals surface area contributed by atoms with Crippen LogP contribution in [0, 0.1) is 13.8 Å². The Labute approximate surface area is 117 Å².